The molecule has 5 heteroatoms. The van der Waals surface area contributed by atoms with E-state index in [1.165, 1.54) is 12.1 Å². The van der Waals surface area contributed by atoms with Gasteiger partial charge in [0.25, 0.3) is 0 Å². The zero-order valence-corrected chi connectivity index (χ0v) is 13.9. The summed E-state index contributed by atoms with van der Waals surface area (Å²) in [6, 6.07) is 6.76. The van der Waals surface area contributed by atoms with Gasteiger partial charge in [0.05, 0.1) is 0 Å². The molecule has 0 spiro atoms. The third kappa shape index (κ3) is 4.79. The van der Waals surface area contributed by atoms with Crippen LogP contribution in [0.5, 0.6) is 0 Å². The van der Waals surface area contributed by atoms with Crippen molar-refractivity contribution in [1.82, 2.24) is 10.6 Å². The highest BCUT2D eigenvalue weighted by atomic mass is 19.1. The zero-order valence-electron chi connectivity index (χ0n) is 13.9. The number of halogens is 1. The molecule has 0 atom stereocenters. The minimum Gasteiger partial charge on any atom is -0.356 e. The van der Waals surface area contributed by atoms with Crippen molar-refractivity contribution >= 4 is 11.8 Å². The van der Waals surface area contributed by atoms with Gasteiger partial charge in [-0.2, -0.15) is 0 Å². The molecule has 0 saturated heterocycles. The van der Waals surface area contributed by atoms with Crippen LogP contribution in [0.2, 0.25) is 0 Å². The van der Waals surface area contributed by atoms with Crippen LogP contribution >= 0.6 is 0 Å². The molecule has 2 N–H and O–H groups in total. The number of hydrogen-bond donors (Lipinski definition) is 2. The Morgan fingerprint density at radius 2 is 1.50 bits per heavy atom. The molecule has 0 aliphatic heterocycles. The number of hydrogen-bond acceptors (Lipinski definition) is 2. The van der Waals surface area contributed by atoms with Crippen molar-refractivity contribution in [3.8, 4) is 0 Å². The van der Waals surface area contributed by atoms with Crippen molar-refractivity contribution in [2.75, 3.05) is 6.54 Å². The zero-order chi connectivity index (χ0) is 16.9. The van der Waals surface area contributed by atoms with Gasteiger partial charge in [-0.05, 0) is 62.6 Å². The molecule has 0 bridgehead atoms. The SMILES string of the molecule is O=C(NCCc1ccc(F)cc1)C1CCC(C(=O)NC2CC2)CC1. The summed E-state index contributed by atoms with van der Waals surface area (Å²) in [6.45, 7) is 0.562. The Balaban J connectivity index is 1.35. The van der Waals surface area contributed by atoms with E-state index in [9.17, 15) is 14.0 Å². The predicted octanol–water partition coefficient (Wildman–Crippen LogP) is 2.57. The lowest BCUT2D eigenvalue weighted by Crippen LogP contribution is -2.38. The van der Waals surface area contributed by atoms with Crippen LogP contribution in [0.25, 0.3) is 0 Å². The Kier molecular flexibility index (Phi) is 5.48. The highest BCUT2D eigenvalue weighted by molar-refractivity contribution is 5.81. The lowest BCUT2D eigenvalue weighted by Gasteiger charge is -2.27. The maximum absolute atomic E-state index is 12.8. The molecule has 0 unspecified atom stereocenters. The fourth-order valence-corrected chi connectivity index (χ4v) is 3.29. The van der Waals surface area contributed by atoms with Gasteiger partial charge in [0.15, 0.2) is 0 Å². The minimum absolute atomic E-state index is 0.0168. The summed E-state index contributed by atoms with van der Waals surface area (Å²) in [5.74, 6) is 0.105. The Hall–Kier alpha value is -1.91. The number of rotatable bonds is 6. The maximum atomic E-state index is 12.8. The second-order valence-corrected chi connectivity index (χ2v) is 7.00. The van der Waals surface area contributed by atoms with E-state index in [-0.39, 0.29) is 29.5 Å². The van der Waals surface area contributed by atoms with E-state index < -0.39 is 0 Å². The summed E-state index contributed by atoms with van der Waals surface area (Å²) in [5.41, 5.74) is 1.01. The molecule has 130 valence electrons. The summed E-state index contributed by atoms with van der Waals surface area (Å²) >= 11 is 0. The number of carbonyl (C=O) groups is 2. The minimum atomic E-state index is -0.245. The van der Waals surface area contributed by atoms with Crippen molar-refractivity contribution in [1.29, 1.82) is 0 Å². The normalized spacial score (nSPS) is 23.5. The van der Waals surface area contributed by atoms with Gasteiger partial charge >= 0.3 is 0 Å². The van der Waals surface area contributed by atoms with E-state index in [4.69, 9.17) is 0 Å². The first-order valence-electron chi connectivity index (χ1n) is 8.94. The Labute approximate surface area is 142 Å². The van der Waals surface area contributed by atoms with Gasteiger partial charge in [0, 0.05) is 24.4 Å². The first-order chi connectivity index (χ1) is 11.6. The average Bonchev–Trinajstić information content (AvgIpc) is 3.40. The van der Waals surface area contributed by atoms with Crippen LogP contribution < -0.4 is 10.6 Å². The molecule has 2 aliphatic rings. The molecule has 2 fully saturated rings. The Bertz CT molecular complexity index is 576. The van der Waals surface area contributed by atoms with Crippen LogP contribution in [0.4, 0.5) is 4.39 Å². The molecule has 1 aromatic rings. The second kappa shape index (κ2) is 7.77. The summed E-state index contributed by atoms with van der Waals surface area (Å²) in [4.78, 5) is 24.3. The molecule has 0 heterocycles. The topological polar surface area (TPSA) is 58.2 Å². The lowest BCUT2D eigenvalue weighted by atomic mass is 9.81. The molecule has 0 aromatic heterocycles. The van der Waals surface area contributed by atoms with E-state index in [2.05, 4.69) is 10.6 Å². The Morgan fingerprint density at radius 1 is 0.917 bits per heavy atom. The molecule has 2 saturated carbocycles. The van der Waals surface area contributed by atoms with Crippen LogP contribution in [-0.4, -0.2) is 24.4 Å². The standard InChI is InChI=1S/C19H25FN2O2/c20-16-7-1-13(2-8-16)11-12-21-18(23)14-3-5-15(6-4-14)19(24)22-17-9-10-17/h1-2,7-8,14-15,17H,3-6,9-12H2,(H,21,23)(H,22,24). The third-order valence-electron chi connectivity index (χ3n) is 5.02. The van der Waals surface area contributed by atoms with Crippen LogP contribution in [0.1, 0.15) is 44.1 Å². The number of benzene rings is 1. The maximum Gasteiger partial charge on any atom is 0.223 e. The first kappa shape index (κ1) is 16.9. The summed E-state index contributed by atoms with van der Waals surface area (Å²) < 4.78 is 12.8. The van der Waals surface area contributed by atoms with Crippen molar-refractivity contribution in [3.63, 3.8) is 0 Å². The van der Waals surface area contributed by atoms with E-state index >= 15 is 0 Å². The smallest absolute Gasteiger partial charge is 0.223 e. The molecular formula is C19H25FN2O2. The van der Waals surface area contributed by atoms with Crippen LogP contribution in [0.3, 0.4) is 0 Å². The number of amides is 2. The van der Waals surface area contributed by atoms with Gasteiger partial charge in [0.2, 0.25) is 11.8 Å². The van der Waals surface area contributed by atoms with E-state index in [0.717, 1.165) is 44.1 Å². The second-order valence-electron chi connectivity index (χ2n) is 7.00. The quantitative estimate of drug-likeness (QED) is 0.841. The molecule has 2 amide bonds. The van der Waals surface area contributed by atoms with Gasteiger partial charge in [-0.3, -0.25) is 9.59 Å². The summed E-state index contributed by atoms with van der Waals surface area (Å²) in [5, 5.41) is 6.03. The van der Waals surface area contributed by atoms with Crippen LogP contribution in [-0.2, 0) is 16.0 Å². The van der Waals surface area contributed by atoms with Gasteiger partial charge < -0.3 is 10.6 Å². The molecule has 1 aromatic carbocycles. The molecule has 24 heavy (non-hydrogen) atoms. The lowest BCUT2D eigenvalue weighted by molar-refractivity contribution is -0.130. The van der Waals surface area contributed by atoms with Gasteiger partial charge in [0.1, 0.15) is 5.82 Å². The molecule has 4 nitrogen and oxygen atoms in total. The fourth-order valence-electron chi connectivity index (χ4n) is 3.29. The highest BCUT2D eigenvalue weighted by Crippen LogP contribution is 2.30. The highest BCUT2D eigenvalue weighted by Gasteiger charge is 2.32. The first-order valence-corrected chi connectivity index (χ1v) is 8.94. The van der Waals surface area contributed by atoms with Crippen molar-refractivity contribution in [3.05, 3.63) is 35.6 Å². The number of nitrogens with one attached hydrogen (secondary N) is 2. The van der Waals surface area contributed by atoms with Crippen molar-refractivity contribution in [2.45, 2.75) is 51.0 Å². The molecule has 0 radical (unpaired) electrons. The molecule has 3 rings (SSSR count). The molecular weight excluding hydrogens is 307 g/mol. The fraction of sp³-hybridized carbons (Fsp3) is 0.579. The third-order valence-corrected chi connectivity index (χ3v) is 5.02. The van der Waals surface area contributed by atoms with E-state index in [0.29, 0.717) is 19.0 Å². The van der Waals surface area contributed by atoms with Crippen molar-refractivity contribution < 1.29 is 14.0 Å². The van der Waals surface area contributed by atoms with Gasteiger partial charge in [-0.25, -0.2) is 4.39 Å². The molecule has 2 aliphatic carbocycles. The van der Waals surface area contributed by atoms with E-state index in [1.807, 2.05) is 0 Å². The van der Waals surface area contributed by atoms with Crippen molar-refractivity contribution in [2.24, 2.45) is 11.8 Å². The van der Waals surface area contributed by atoms with Crippen LogP contribution in [0.15, 0.2) is 24.3 Å². The van der Waals surface area contributed by atoms with Gasteiger partial charge in [-0.15, -0.1) is 0 Å². The largest absolute Gasteiger partial charge is 0.356 e. The monoisotopic (exact) mass is 332 g/mol. The van der Waals surface area contributed by atoms with E-state index in [1.54, 1.807) is 12.1 Å². The predicted molar refractivity (Wildman–Crippen MR) is 89.7 cm³/mol. The summed E-state index contributed by atoms with van der Waals surface area (Å²) in [7, 11) is 0. The van der Waals surface area contributed by atoms with Gasteiger partial charge in [-0.1, -0.05) is 12.1 Å². The summed E-state index contributed by atoms with van der Waals surface area (Å²) in [6.07, 6.45) is 6.08. The Morgan fingerprint density at radius 3 is 2.08 bits per heavy atom. The van der Waals surface area contributed by atoms with Crippen LogP contribution in [0, 0.1) is 17.7 Å². The average molecular weight is 332 g/mol. The number of carbonyl (C=O) groups excluding carboxylic acids is 2.